The largest absolute Gasteiger partial charge is 0.352 e. The second-order valence-electron chi connectivity index (χ2n) is 6.82. The average molecular weight is 384 g/mol. The normalized spacial score (nSPS) is 26.8. The Morgan fingerprint density at radius 3 is 2.68 bits per heavy atom. The second-order valence-corrected chi connectivity index (χ2v) is 7.64. The molecule has 1 aliphatic heterocycles. The number of hydrogen-bond acceptors (Lipinski definition) is 3. The number of benzene rings is 1. The number of carbonyl (C=O) groups excluding carboxylic acids is 2. The van der Waals surface area contributed by atoms with Crippen molar-refractivity contribution in [3.8, 4) is 0 Å². The van der Waals surface area contributed by atoms with Crippen LogP contribution in [-0.2, 0) is 9.59 Å². The monoisotopic (exact) mass is 383 g/mol. The van der Waals surface area contributed by atoms with Crippen LogP contribution in [0.5, 0.6) is 0 Å². The summed E-state index contributed by atoms with van der Waals surface area (Å²) in [5.74, 6) is -0.705. The predicted octanol–water partition coefficient (Wildman–Crippen LogP) is 2.98. The molecular weight excluding hydrogens is 361 g/mol. The van der Waals surface area contributed by atoms with Crippen LogP contribution in [0.4, 0.5) is 5.69 Å². The van der Waals surface area contributed by atoms with E-state index in [1.165, 1.54) is 0 Å². The van der Waals surface area contributed by atoms with Crippen molar-refractivity contribution in [3.63, 3.8) is 0 Å². The molecule has 25 heavy (non-hydrogen) atoms. The zero-order valence-corrected chi connectivity index (χ0v) is 15.5. The highest BCUT2D eigenvalue weighted by Crippen LogP contribution is 2.31. The van der Waals surface area contributed by atoms with Gasteiger partial charge in [-0.15, -0.1) is 0 Å². The number of carbonyl (C=O) groups is 2. The van der Waals surface area contributed by atoms with Crippen LogP contribution in [0.15, 0.2) is 18.2 Å². The molecule has 2 fully saturated rings. The minimum atomic E-state index is -0.644. The van der Waals surface area contributed by atoms with Crippen LogP contribution in [0.1, 0.15) is 32.1 Å². The van der Waals surface area contributed by atoms with E-state index in [1.54, 1.807) is 23.1 Å². The number of halogens is 2. The van der Waals surface area contributed by atoms with E-state index in [9.17, 15) is 9.59 Å². The van der Waals surface area contributed by atoms with E-state index in [4.69, 9.17) is 28.9 Å². The molecule has 0 spiro atoms. The molecule has 1 saturated heterocycles. The van der Waals surface area contributed by atoms with E-state index in [-0.39, 0.29) is 17.9 Å². The smallest absolute Gasteiger partial charge is 0.239 e. The molecule has 2 amide bonds. The van der Waals surface area contributed by atoms with E-state index >= 15 is 0 Å². The van der Waals surface area contributed by atoms with Crippen LogP contribution in [0, 0.1) is 11.8 Å². The summed E-state index contributed by atoms with van der Waals surface area (Å²) in [7, 11) is 0. The third-order valence-corrected chi connectivity index (χ3v) is 6.02. The van der Waals surface area contributed by atoms with Gasteiger partial charge < -0.3 is 16.0 Å². The third-order valence-electron chi connectivity index (χ3n) is 5.28. The maximum absolute atomic E-state index is 12.7. The fraction of sp³-hybridized carbons (Fsp3) is 0.556. The van der Waals surface area contributed by atoms with Gasteiger partial charge in [0, 0.05) is 18.3 Å². The Bertz CT molecular complexity index is 668. The molecule has 1 aromatic carbocycles. The van der Waals surface area contributed by atoms with Gasteiger partial charge in [0.05, 0.1) is 10.0 Å². The number of nitrogens with one attached hydrogen (secondary N) is 1. The summed E-state index contributed by atoms with van der Waals surface area (Å²) in [4.78, 5) is 26.9. The van der Waals surface area contributed by atoms with E-state index < -0.39 is 5.92 Å². The Labute approximate surface area is 157 Å². The van der Waals surface area contributed by atoms with E-state index in [0.717, 1.165) is 25.7 Å². The molecule has 7 heteroatoms. The topological polar surface area (TPSA) is 75.4 Å². The van der Waals surface area contributed by atoms with Crippen molar-refractivity contribution in [1.29, 1.82) is 0 Å². The zero-order valence-electron chi connectivity index (χ0n) is 14.0. The predicted molar refractivity (Wildman–Crippen MR) is 99.9 cm³/mol. The first-order valence-electron chi connectivity index (χ1n) is 8.78. The zero-order chi connectivity index (χ0) is 18.0. The summed E-state index contributed by atoms with van der Waals surface area (Å²) in [6.45, 7) is 1.07. The van der Waals surface area contributed by atoms with Crippen molar-refractivity contribution in [2.24, 2.45) is 17.6 Å². The fourth-order valence-electron chi connectivity index (χ4n) is 3.80. The van der Waals surface area contributed by atoms with Gasteiger partial charge in [0.15, 0.2) is 0 Å². The highest BCUT2D eigenvalue weighted by atomic mass is 35.5. The number of hydrogen-bond donors (Lipinski definition) is 2. The quantitative estimate of drug-likeness (QED) is 0.784. The molecule has 2 aliphatic rings. The number of amides is 2. The minimum absolute atomic E-state index is 0.0816. The maximum Gasteiger partial charge on any atom is 0.239 e. The lowest BCUT2D eigenvalue weighted by atomic mass is 9.84. The molecule has 0 aromatic heterocycles. The number of anilines is 1. The Hall–Kier alpha value is -1.30. The van der Waals surface area contributed by atoms with Crippen LogP contribution in [0.25, 0.3) is 0 Å². The lowest BCUT2D eigenvalue weighted by Gasteiger charge is -2.32. The number of rotatable bonds is 4. The van der Waals surface area contributed by atoms with Crippen molar-refractivity contribution in [1.82, 2.24) is 5.32 Å². The van der Waals surface area contributed by atoms with Crippen molar-refractivity contribution < 1.29 is 9.59 Å². The highest BCUT2D eigenvalue weighted by molar-refractivity contribution is 6.42. The molecule has 1 heterocycles. The van der Waals surface area contributed by atoms with Crippen LogP contribution >= 0.6 is 23.2 Å². The van der Waals surface area contributed by atoms with Gasteiger partial charge in [0.25, 0.3) is 0 Å². The first-order chi connectivity index (χ1) is 12.0. The maximum atomic E-state index is 12.7. The minimum Gasteiger partial charge on any atom is -0.352 e. The Morgan fingerprint density at radius 1 is 1.20 bits per heavy atom. The average Bonchev–Trinajstić information content (AvgIpc) is 2.99. The summed E-state index contributed by atoms with van der Waals surface area (Å²) in [5, 5.41) is 3.91. The molecule has 1 aromatic rings. The summed E-state index contributed by atoms with van der Waals surface area (Å²) in [6.07, 6.45) is 4.72. The molecule has 136 valence electrons. The molecule has 3 unspecified atom stereocenters. The molecule has 5 nitrogen and oxygen atoms in total. The van der Waals surface area contributed by atoms with Gasteiger partial charge in [-0.25, -0.2) is 0 Å². The first kappa shape index (κ1) is 18.5. The van der Waals surface area contributed by atoms with Gasteiger partial charge in [0.1, 0.15) is 5.92 Å². The second kappa shape index (κ2) is 7.94. The van der Waals surface area contributed by atoms with Gasteiger partial charge in [-0.1, -0.05) is 36.0 Å². The van der Waals surface area contributed by atoms with Crippen molar-refractivity contribution in [3.05, 3.63) is 28.2 Å². The molecule has 0 radical (unpaired) electrons. The van der Waals surface area contributed by atoms with Crippen LogP contribution in [0.3, 0.4) is 0 Å². The van der Waals surface area contributed by atoms with Gasteiger partial charge >= 0.3 is 0 Å². The highest BCUT2D eigenvalue weighted by Gasteiger charge is 2.39. The Kier molecular flexibility index (Phi) is 5.87. The Morgan fingerprint density at radius 2 is 1.96 bits per heavy atom. The molecular formula is C18H23Cl2N3O2. The van der Waals surface area contributed by atoms with Gasteiger partial charge in [0.2, 0.25) is 11.8 Å². The molecule has 3 N–H and O–H groups in total. The van der Waals surface area contributed by atoms with E-state index in [2.05, 4.69) is 5.32 Å². The lowest BCUT2D eigenvalue weighted by Crippen LogP contribution is -2.48. The molecule has 1 aliphatic carbocycles. The van der Waals surface area contributed by atoms with Gasteiger partial charge in [-0.05, 0) is 49.9 Å². The summed E-state index contributed by atoms with van der Waals surface area (Å²) < 4.78 is 0. The van der Waals surface area contributed by atoms with Gasteiger partial charge in [-0.3, -0.25) is 9.59 Å². The van der Waals surface area contributed by atoms with E-state index in [1.807, 2.05) is 0 Å². The first-order valence-corrected chi connectivity index (χ1v) is 9.53. The summed E-state index contributed by atoms with van der Waals surface area (Å²) >= 11 is 12.0. The Balaban J connectivity index is 1.66. The van der Waals surface area contributed by atoms with Gasteiger partial charge in [-0.2, -0.15) is 0 Å². The third kappa shape index (κ3) is 3.94. The molecule has 3 rings (SSSR count). The fourth-order valence-corrected chi connectivity index (χ4v) is 4.09. The SMILES string of the molecule is NCC1CCCCC1NC(=O)C1CCN(c2ccc(Cl)c(Cl)c2)C1=O. The summed E-state index contributed by atoms with van der Waals surface area (Å²) in [6, 6.07) is 5.15. The molecule has 0 bridgehead atoms. The van der Waals surface area contributed by atoms with Crippen LogP contribution < -0.4 is 16.0 Å². The number of nitrogens with two attached hydrogens (primary N) is 1. The van der Waals surface area contributed by atoms with Crippen LogP contribution in [0.2, 0.25) is 10.0 Å². The van der Waals surface area contributed by atoms with Crippen molar-refractivity contribution >= 4 is 40.7 Å². The van der Waals surface area contributed by atoms with Crippen molar-refractivity contribution in [2.75, 3.05) is 18.0 Å². The molecule has 3 atom stereocenters. The van der Waals surface area contributed by atoms with Crippen molar-refractivity contribution in [2.45, 2.75) is 38.1 Å². The molecule has 1 saturated carbocycles. The van der Waals surface area contributed by atoms with E-state index in [0.29, 0.717) is 41.2 Å². The van der Waals surface area contributed by atoms with Crippen LogP contribution in [-0.4, -0.2) is 30.9 Å². The summed E-state index contributed by atoms with van der Waals surface area (Å²) in [5.41, 5.74) is 6.50. The lowest BCUT2D eigenvalue weighted by molar-refractivity contribution is -0.133. The standard InChI is InChI=1S/C18H23Cl2N3O2/c19-14-6-5-12(9-15(14)20)23-8-7-13(18(23)25)17(24)22-16-4-2-1-3-11(16)10-21/h5-6,9,11,13,16H,1-4,7-8,10,21H2,(H,22,24). The number of nitrogens with zero attached hydrogens (tertiary/aromatic N) is 1.